The van der Waals surface area contributed by atoms with Crippen LogP contribution in [0.3, 0.4) is 0 Å². The highest BCUT2D eigenvalue weighted by Gasteiger charge is 2.03. The molecule has 0 aliphatic heterocycles. The second kappa shape index (κ2) is 8.48. The first-order chi connectivity index (χ1) is 6.16. The molecule has 0 heterocycles. The summed E-state index contributed by atoms with van der Waals surface area (Å²) in [4.78, 5) is 0. The van der Waals surface area contributed by atoms with Crippen LogP contribution < -0.4 is 5.32 Å². The largest absolute Gasteiger partial charge is 0.396 e. The summed E-state index contributed by atoms with van der Waals surface area (Å²) in [6.07, 6.45) is 3.65. The van der Waals surface area contributed by atoms with Gasteiger partial charge in [0.05, 0.1) is 6.10 Å². The van der Waals surface area contributed by atoms with Crippen molar-refractivity contribution in [3.8, 4) is 0 Å². The van der Waals surface area contributed by atoms with Gasteiger partial charge in [-0.3, -0.25) is 0 Å². The van der Waals surface area contributed by atoms with Crippen molar-refractivity contribution in [2.75, 3.05) is 13.2 Å². The molecule has 2 atom stereocenters. The lowest BCUT2D eigenvalue weighted by molar-refractivity contribution is 0.170. The molecule has 2 unspecified atom stereocenters. The van der Waals surface area contributed by atoms with Gasteiger partial charge in [-0.1, -0.05) is 0 Å². The molecule has 0 saturated heterocycles. The average molecular weight is 189 g/mol. The maximum Gasteiger partial charge on any atom is 0.0526 e. The van der Waals surface area contributed by atoms with Gasteiger partial charge in [0.25, 0.3) is 0 Å². The van der Waals surface area contributed by atoms with E-state index < -0.39 is 0 Å². The van der Waals surface area contributed by atoms with Gasteiger partial charge in [-0.05, 0) is 46.1 Å². The minimum absolute atomic E-state index is 0.222. The molecule has 0 spiro atoms. The van der Waals surface area contributed by atoms with Crippen molar-refractivity contribution in [3.05, 3.63) is 0 Å². The van der Waals surface area contributed by atoms with E-state index in [0.29, 0.717) is 12.6 Å². The quantitative estimate of drug-likeness (QED) is 0.497. The smallest absolute Gasteiger partial charge is 0.0526 e. The van der Waals surface area contributed by atoms with Crippen molar-refractivity contribution in [1.29, 1.82) is 0 Å². The zero-order valence-corrected chi connectivity index (χ0v) is 8.79. The van der Waals surface area contributed by atoms with Gasteiger partial charge in [0.2, 0.25) is 0 Å². The van der Waals surface area contributed by atoms with Gasteiger partial charge < -0.3 is 15.5 Å². The number of hydrogen-bond donors (Lipinski definition) is 3. The Morgan fingerprint density at radius 3 is 2.38 bits per heavy atom. The van der Waals surface area contributed by atoms with E-state index in [1.807, 2.05) is 6.92 Å². The standard InChI is InChI=1S/C10H23NO2/c1-9(8-10(2)13)11-6-4-3-5-7-12/h9-13H,3-8H2,1-2H3. The summed E-state index contributed by atoms with van der Waals surface area (Å²) in [7, 11) is 0. The molecule has 0 radical (unpaired) electrons. The van der Waals surface area contributed by atoms with Crippen molar-refractivity contribution < 1.29 is 10.2 Å². The summed E-state index contributed by atoms with van der Waals surface area (Å²) in [5.41, 5.74) is 0. The van der Waals surface area contributed by atoms with Gasteiger partial charge in [-0.15, -0.1) is 0 Å². The van der Waals surface area contributed by atoms with E-state index in [2.05, 4.69) is 12.2 Å². The van der Waals surface area contributed by atoms with Crippen LogP contribution in [0, 0.1) is 0 Å². The Kier molecular flexibility index (Phi) is 8.40. The lowest BCUT2D eigenvalue weighted by Gasteiger charge is -2.14. The number of nitrogens with one attached hydrogen (secondary N) is 1. The third-order valence-electron chi connectivity index (χ3n) is 2.02. The van der Waals surface area contributed by atoms with Crippen molar-refractivity contribution in [2.24, 2.45) is 0 Å². The SMILES string of the molecule is CC(O)CC(C)NCCCCCO. The molecule has 0 fully saturated rings. The molecule has 0 aromatic carbocycles. The fraction of sp³-hybridized carbons (Fsp3) is 1.00. The number of aliphatic hydroxyl groups is 2. The van der Waals surface area contributed by atoms with E-state index >= 15 is 0 Å². The minimum atomic E-state index is -0.222. The molecule has 0 aliphatic rings. The highest BCUT2D eigenvalue weighted by molar-refractivity contribution is 4.63. The van der Waals surface area contributed by atoms with E-state index in [1.165, 1.54) is 0 Å². The van der Waals surface area contributed by atoms with Crippen LogP contribution in [0.15, 0.2) is 0 Å². The summed E-state index contributed by atoms with van der Waals surface area (Å²) in [6, 6.07) is 0.383. The molecule has 3 heteroatoms. The Morgan fingerprint density at radius 1 is 1.15 bits per heavy atom. The first kappa shape index (κ1) is 12.9. The third-order valence-corrected chi connectivity index (χ3v) is 2.02. The third kappa shape index (κ3) is 9.80. The van der Waals surface area contributed by atoms with Crippen molar-refractivity contribution in [3.63, 3.8) is 0 Å². The van der Waals surface area contributed by atoms with E-state index in [9.17, 15) is 0 Å². The zero-order chi connectivity index (χ0) is 10.1. The fourth-order valence-corrected chi connectivity index (χ4v) is 1.36. The topological polar surface area (TPSA) is 52.5 Å². The highest BCUT2D eigenvalue weighted by Crippen LogP contribution is 1.98. The van der Waals surface area contributed by atoms with Crippen LogP contribution in [-0.4, -0.2) is 35.5 Å². The van der Waals surface area contributed by atoms with Crippen LogP contribution in [0.25, 0.3) is 0 Å². The van der Waals surface area contributed by atoms with Crippen LogP contribution in [0.5, 0.6) is 0 Å². The van der Waals surface area contributed by atoms with Crippen molar-refractivity contribution in [2.45, 2.75) is 51.7 Å². The van der Waals surface area contributed by atoms with Crippen LogP contribution >= 0.6 is 0 Å². The Balaban J connectivity index is 3.12. The molecule has 0 saturated carbocycles. The second-order valence-electron chi connectivity index (χ2n) is 3.72. The van der Waals surface area contributed by atoms with Crippen LogP contribution in [0.4, 0.5) is 0 Å². The molecule has 0 rings (SSSR count). The van der Waals surface area contributed by atoms with Crippen LogP contribution in [0.2, 0.25) is 0 Å². The summed E-state index contributed by atoms with van der Waals surface area (Å²) < 4.78 is 0. The van der Waals surface area contributed by atoms with Gasteiger partial charge in [0.15, 0.2) is 0 Å². The fourth-order valence-electron chi connectivity index (χ4n) is 1.36. The lowest BCUT2D eigenvalue weighted by atomic mass is 10.1. The summed E-state index contributed by atoms with van der Waals surface area (Å²) in [6.45, 7) is 5.17. The normalized spacial score (nSPS) is 15.7. The molecule has 3 nitrogen and oxygen atoms in total. The predicted octanol–water partition coefficient (Wildman–Crippen LogP) is 0.898. The highest BCUT2D eigenvalue weighted by atomic mass is 16.3. The van der Waals surface area contributed by atoms with E-state index in [1.54, 1.807) is 0 Å². The molecule has 80 valence electrons. The molecular weight excluding hydrogens is 166 g/mol. The molecule has 13 heavy (non-hydrogen) atoms. The van der Waals surface area contributed by atoms with Gasteiger partial charge in [-0.2, -0.15) is 0 Å². The Labute approximate surface area is 81.2 Å². The van der Waals surface area contributed by atoms with Gasteiger partial charge >= 0.3 is 0 Å². The summed E-state index contributed by atoms with van der Waals surface area (Å²) in [5, 5.41) is 21.0. The Bertz CT molecular complexity index is 107. The van der Waals surface area contributed by atoms with E-state index in [4.69, 9.17) is 10.2 Å². The number of rotatable bonds is 8. The van der Waals surface area contributed by atoms with Crippen LogP contribution in [-0.2, 0) is 0 Å². The van der Waals surface area contributed by atoms with Gasteiger partial charge in [-0.25, -0.2) is 0 Å². The molecule has 0 aromatic heterocycles. The molecule has 0 amide bonds. The molecule has 3 N–H and O–H groups in total. The monoisotopic (exact) mass is 189 g/mol. The first-order valence-corrected chi connectivity index (χ1v) is 5.19. The van der Waals surface area contributed by atoms with Crippen LogP contribution in [0.1, 0.15) is 39.5 Å². The average Bonchev–Trinajstić information content (AvgIpc) is 2.02. The Morgan fingerprint density at radius 2 is 1.85 bits per heavy atom. The molecule has 0 bridgehead atoms. The molecule has 0 aliphatic carbocycles. The zero-order valence-electron chi connectivity index (χ0n) is 8.79. The summed E-state index contributed by atoms with van der Waals surface area (Å²) in [5.74, 6) is 0. The number of hydrogen-bond acceptors (Lipinski definition) is 3. The van der Waals surface area contributed by atoms with E-state index in [0.717, 1.165) is 32.2 Å². The lowest BCUT2D eigenvalue weighted by Crippen LogP contribution is -2.29. The van der Waals surface area contributed by atoms with Gasteiger partial charge in [0.1, 0.15) is 0 Å². The minimum Gasteiger partial charge on any atom is -0.396 e. The van der Waals surface area contributed by atoms with E-state index in [-0.39, 0.29) is 6.10 Å². The van der Waals surface area contributed by atoms with Crippen molar-refractivity contribution in [1.82, 2.24) is 5.32 Å². The number of aliphatic hydroxyl groups excluding tert-OH is 2. The summed E-state index contributed by atoms with van der Waals surface area (Å²) >= 11 is 0. The predicted molar refractivity (Wildman–Crippen MR) is 54.7 cm³/mol. The molecule has 0 aromatic rings. The first-order valence-electron chi connectivity index (χ1n) is 5.19. The molecular formula is C10H23NO2. The number of unbranched alkanes of at least 4 members (excludes halogenated alkanes) is 2. The second-order valence-corrected chi connectivity index (χ2v) is 3.72. The van der Waals surface area contributed by atoms with Crippen molar-refractivity contribution >= 4 is 0 Å². The maximum atomic E-state index is 9.09. The van der Waals surface area contributed by atoms with Gasteiger partial charge in [0, 0.05) is 12.6 Å². The maximum absolute atomic E-state index is 9.09. The Hall–Kier alpha value is -0.120.